The van der Waals surface area contributed by atoms with Crippen LogP contribution in [0.25, 0.3) is 10.9 Å². The summed E-state index contributed by atoms with van der Waals surface area (Å²) in [5.41, 5.74) is 2.18. The number of carbonyl (C=O) groups excluding carboxylic acids is 1. The predicted octanol–water partition coefficient (Wildman–Crippen LogP) is 4.10. The van der Waals surface area contributed by atoms with Crippen LogP contribution in [0.3, 0.4) is 0 Å². The fourth-order valence-corrected chi connectivity index (χ4v) is 3.43. The molecular formula is C21H24ClN3O. The number of likely N-dealkylation sites (N-methyl/N-ethyl adjacent to an activating group) is 1. The highest BCUT2D eigenvalue weighted by Crippen LogP contribution is 2.25. The predicted molar refractivity (Wildman–Crippen MR) is 107 cm³/mol. The Labute approximate surface area is 159 Å². The number of para-hydroxylation sites is 1. The number of hydrogen-bond donors (Lipinski definition) is 1. The number of benzene rings is 2. The van der Waals surface area contributed by atoms with Crippen molar-refractivity contribution in [1.29, 1.82) is 0 Å². The summed E-state index contributed by atoms with van der Waals surface area (Å²) >= 11 is 6.32. The lowest BCUT2D eigenvalue weighted by molar-refractivity contribution is -0.121. The van der Waals surface area contributed by atoms with Gasteiger partial charge in [0.15, 0.2) is 0 Å². The van der Waals surface area contributed by atoms with Crippen LogP contribution < -0.4 is 5.32 Å². The summed E-state index contributed by atoms with van der Waals surface area (Å²) in [5, 5.41) is 4.96. The van der Waals surface area contributed by atoms with Crippen LogP contribution in [0.4, 0.5) is 0 Å². The lowest BCUT2D eigenvalue weighted by Gasteiger charge is -2.26. The molecule has 1 aromatic heterocycles. The molecule has 5 heteroatoms. The maximum Gasteiger partial charge on any atom is 0.221 e. The highest BCUT2D eigenvalue weighted by atomic mass is 35.5. The van der Waals surface area contributed by atoms with Crippen LogP contribution in [-0.4, -0.2) is 36.0 Å². The van der Waals surface area contributed by atoms with Gasteiger partial charge in [0.25, 0.3) is 0 Å². The standard InChI is InChI=1S/C21H24ClN3O/c1-24(2)20(17-8-4-5-9-18(17)22)15-23-21(26)12-14-25-13-11-16-7-3-6-10-19(16)25/h3-11,13,20H,12,14-15H2,1-2H3,(H,23,26). The molecule has 4 nitrogen and oxygen atoms in total. The van der Waals surface area contributed by atoms with Crippen LogP contribution in [0.5, 0.6) is 0 Å². The Bertz CT molecular complexity index is 888. The largest absolute Gasteiger partial charge is 0.354 e. The van der Waals surface area contributed by atoms with Gasteiger partial charge in [0.1, 0.15) is 0 Å². The van der Waals surface area contributed by atoms with Gasteiger partial charge >= 0.3 is 0 Å². The van der Waals surface area contributed by atoms with Crippen molar-refractivity contribution in [2.24, 2.45) is 0 Å². The molecule has 3 rings (SSSR count). The summed E-state index contributed by atoms with van der Waals surface area (Å²) < 4.78 is 2.12. The molecule has 0 aliphatic heterocycles. The second-order valence-electron chi connectivity index (χ2n) is 6.62. The molecular weight excluding hydrogens is 346 g/mol. The number of nitrogens with one attached hydrogen (secondary N) is 1. The van der Waals surface area contributed by atoms with Gasteiger partial charge in [-0.25, -0.2) is 0 Å². The normalized spacial score (nSPS) is 12.5. The summed E-state index contributed by atoms with van der Waals surface area (Å²) in [6.45, 7) is 1.19. The topological polar surface area (TPSA) is 37.3 Å². The summed E-state index contributed by atoms with van der Waals surface area (Å²) in [6, 6.07) is 18.1. The van der Waals surface area contributed by atoms with E-state index in [0.717, 1.165) is 16.1 Å². The minimum atomic E-state index is 0.0417. The quantitative estimate of drug-likeness (QED) is 0.680. The monoisotopic (exact) mass is 369 g/mol. The lowest BCUT2D eigenvalue weighted by Crippen LogP contribution is -2.35. The molecule has 1 atom stereocenters. The van der Waals surface area contributed by atoms with Crippen molar-refractivity contribution >= 4 is 28.4 Å². The van der Waals surface area contributed by atoms with Crippen molar-refractivity contribution in [3.8, 4) is 0 Å². The third-order valence-electron chi connectivity index (χ3n) is 4.64. The molecule has 1 heterocycles. The average molecular weight is 370 g/mol. The molecule has 0 fully saturated rings. The molecule has 136 valence electrons. The van der Waals surface area contributed by atoms with Gasteiger partial charge in [0, 0.05) is 36.2 Å². The van der Waals surface area contributed by atoms with Crippen molar-refractivity contribution in [2.75, 3.05) is 20.6 Å². The Kier molecular flexibility index (Phi) is 5.96. The Hall–Kier alpha value is -2.30. The summed E-state index contributed by atoms with van der Waals surface area (Å²) in [6.07, 6.45) is 2.48. The van der Waals surface area contributed by atoms with Crippen LogP contribution >= 0.6 is 11.6 Å². The number of amides is 1. The maximum atomic E-state index is 12.3. The lowest BCUT2D eigenvalue weighted by atomic mass is 10.1. The van der Waals surface area contributed by atoms with Crippen molar-refractivity contribution < 1.29 is 4.79 Å². The highest BCUT2D eigenvalue weighted by molar-refractivity contribution is 6.31. The molecule has 0 radical (unpaired) electrons. The number of fused-ring (bicyclic) bond motifs is 1. The van der Waals surface area contributed by atoms with Gasteiger partial charge in [-0.3, -0.25) is 4.79 Å². The van der Waals surface area contributed by atoms with E-state index in [1.54, 1.807) is 0 Å². The summed E-state index contributed by atoms with van der Waals surface area (Å²) in [7, 11) is 3.98. The Morgan fingerprint density at radius 2 is 1.85 bits per heavy atom. The molecule has 0 spiro atoms. The van der Waals surface area contributed by atoms with E-state index in [1.807, 2.05) is 56.7 Å². The Morgan fingerprint density at radius 3 is 2.62 bits per heavy atom. The fourth-order valence-electron chi connectivity index (χ4n) is 3.17. The van der Waals surface area contributed by atoms with Crippen LogP contribution in [-0.2, 0) is 11.3 Å². The molecule has 1 N–H and O–H groups in total. The number of aromatic nitrogens is 1. The number of carbonyl (C=O) groups is 1. The van der Waals surface area contributed by atoms with E-state index < -0.39 is 0 Å². The molecule has 0 saturated carbocycles. The van der Waals surface area contributed by atoms with Gasteiger partial charge in [0.05, 0.1) is 6.04 Å². The van der Waals surface area contributed by atoms with Crippen LogP contribution in [0.2, 0.25) is 5.02 Å². The molecule has 0 aliphatic rings. The van der Waals surface area contributed by atoms with Gasteiger partial charge in [-0.15, -0.1) is 0 Å². The number of hydrogen-bond acceptors (Lipinski definition) is 2. The van der Waals surface area contributed by atoms with Gasteiger partial charge in [0.2, 0.25) is 5.91 Å². The molecule has 0 saturated heterocycles. The Morgan fingerprint density at radius 1 is 1.12 bits per heavy atom. The molecule has 0 aliphatic carbocycles. The van der Waals surface area contributed by atoms with Gasteiger partial charge in [-0.2, -0.15) is 0 Å². The first-order chi connectivity index (χ1) is 12.6. The first-order valence-electron chi connectivity index (χ1n) is 8.77. The minimum Gasteiger partial charge on any atom is -0.354 e. The van der Waals surface area contributed by atoms with E-state index in [0.29, 0.717) is 19.5 Å². The van der Waals surface area contributed by atoms with E-state index in [2.05, 4.69) is 33.0 Å². The SMILES string of the molecule is CN(C)C(CNC(=O)CCn1ccc2ccccc21)c1ccccc1Cl. The zero-order valence-electron chi connectivity index (χ0n) is 15.2. The maximum absolute atomic E-state index is 12.3. The molecule has 1 unspecified atom stereocenters. The highest BCUT2D eigenvalue weighted by Gasteiger charge is 2.17. The van der Waals surface area contributed by atoms with E-state index in [-0.39, 0.29) is 11.9 Å². The number of rotatable bonds is 7. The van der Waals surface area contributed by atoms with Crippen LogP contribution in [0, 0.1) is 0 Å². The molecule has 0 bridgehead atoms. The first-order valence-corrected chi connectivity index (χ1v) is 9.15. The number of aryl methyl sites for hydroxylation is 1. The number of nitrogens with zero attached hydrogens (tertiary/aromatic N) is 2. The smallest absolute Gasteiger partial charge is 0.221 e. The van der Waals surface area contributed by atoms with Crippen molar-refractivity contribution in [2.45, 2.75) is 19.0 Å². The van der Waals surface area contributed by atoms with E-state index in [1.165, 1.54) is 5.39 Å². The van der Waals surface area contributed by atoms with E-state index in [9.17, 15) is 4.79 Å². The Balaban J connectivity index is 1.58. The number of halogens is 1. The van der Waals surface area contributed by atoms with Crippen LogP contribution in [0.15, 0.2) is 60.8 Å². The average Bonchev–Trinajstić information content (AvgIpc) is 3.04. The first kappa shape index (κ1) is 18.5. The van der Waals surface area contributed by atoms with Gasteiger partial charge in [-0.05, 0) is 43.2 Å². The van der Waals surface area contributed by atoms with Gasteiger partial charge < -0.3 is 14.8 Å². The second-order valence-corrected chi connectivity index (χ2v) is 7.03. The minimum absolute atomic E-state index is 0.0417. The molecule has 26 heavy (non-hydrogen) atoms. The summed E-state index contributed by atoms with van der Waals surface area (Å²) in [4.78, 5) is 14.4. The van der Waals surface area contributed by atoms with Gasteiger partial charge in [-0.1, -0.05) is 48.0 Å². The van der Waals surface area contributed by atoms with Crippen molar-refractivity contribution in [3.05, 3.63) is 71.4 Å². The third-order valence-corrected chi connectivity index (χ3v) is 4.98. The zero-order chi connectivity index (χ0) is 18.5. The van der Waals surface area contributed by atoms with Crippen molar-refractivity contribution in [1.82, 2.24) is 14.8 Å². The van der Waals surface area contributed by atoms with Crippen molar-refractivity contribution in [3.63, 3.8) is 0 Å². The molecule has 3 aromatic rings. The summed E-state index contributed by atoms with van der Waals surface area (Å²) in [5.74, 6) is 0.0432. The fraction of sp³-hybridized carbons (Fsp3) is 0.286. The molecule has 1 amide bonds. The third kappa shape index (κ3) is 4.26. The molecule has 2 aromatic carbocycles. The van der Waals surface area contributed by atoms with E-state index >= 15 is 0 Å². The zero-order valence-corrected chi connectivity index (χ0v) is 15.9. The second kappa shape index (κ2) is 8.39. The van der Waals surface area contributed by atoms with E-state index in [4.69, 9.17) is 11.6 Å². The van der Waals surface area contributed by atoms with Crippen LogP contribution in [0.1, 0.15) is 18.0 Å².